The average Bonchev–Trinajstić information content (AvgIpc) is 3.41. The Labute approximate surface area is 203 Å². The summed E-state index contributed by atoms with van der Waals surface area (Å²) in [6.45, 7) is 1.87. The molecule has 5 rings (SSSR count). The number of benzene rings is 2. The number of hydrogen-bond acceptors (Lipinski definition) is 8. The summed E-state index contributed by atoms with van der Waals surface area (Å²) in [6.07, 6.45) is 5.08. The Morgan fingerprint density at radius 3 is 2.83 bits per heavy atom. The van der Waals surface area contributed by atoms with E-state index in [9.17, 15) is 5.11 Å². The van der Waals surface area contributed by atoms with E-state index in [-0.39, 0.29) is 11.8 Å². The molecule has 2 aromatic heterocycles. The summed E-state index contributed by atoms with van der Waals surface area (Å²) in [6, 6.07) is 9.58. The lowest BCUT2D eigenvalue weighted by molar-refractivity contribution is 0.256. The summed E-state index contributed by atoms with van der Waals surface area (Å²) in [5.74, 6) is 2.55. The molecule has 9 nitrogen and oxygen atoms in total. The Balaban J connectivity index is 1.51. The van der Waals surface area contributed by atoms with Crippen molar-refractivity contribution in [2.24, 2.45) is 0 Å². The van der Waals surface area contributed by atoms with Crippen LogP contribution in [0.25, 0.3) is 22.0 Å². The predicted octanol–water partition coefficient (Wildman–Crippen LogP) is 3.78. The largest absolute Gasteiger partial charge is 0.497 e. The quantitative estimate of drug-likeness (QED) is 0.371. The van der Waals surface area contributed by atoms with E-state index in [4.69, 9.17) is 19.2 Å². The van der Waals surface area contributed by atoms with Crippen molar-refractivity contribution in [3.63, 3.8) is 0 Å². The zero-order chi connectivity index (χ0) is 24.4. The zero-order valence-electron chi connectivity index (χ0n) is 20.1. The number of H-pyrrole nitrogens is 1. The molecule has 0 amide bonds. The van der Waals surface area contributed by atoms with Crippen molar-refractivity contribution in [1.29, 1.82) is 0 Å². The minimum Gasteiger partial charge on any atom is -0.497 e. The van der Waals surface area contributed by atoms with Crippen LogP contribution < -0.4 is 14.2 Å². The van der Waals surface area contributed by atoms with Gasteiger partial charge in [0.05, 0.1) is 37.8 Å². The molecule has 9 heteroatoms. The van der Waals surface area contributed by atoms with E-state index >= 15 is 0 Å². The highest BCUT2D eigenvalue weighted by Crippen LogP contribution is 2.38. The maximum Gasteiger partial charge on any atom is 0.222 e. The molecule has 0 aliphatic carbocycles. The fourth-order valence-corrected chi connectivity index (χ4v) is 4.30. The van der Waals surface area contributed by atoms with Crippen LogP contribution in [0, 0.1) is 0 Å². The summed E-state index contributed by atoms with van der Waals surface area (Å²) in [4.78, 5) is 11.5. The van der Waals surface area contributed by atoms with Gasteiger partial charge in [-0.2, -0.15) is 10.1 Å². The van der Waals surface area contributed by atoms with Crippen molar-refractivity contribution >= 4 is 10.9 Å². The molecule has 1 unspecified atom stereocenters. The Morgan fingerprint density at radius 1 is 1.17 bits per heavy atom. The third-order valence-electron chi connectivity index (χ3n) is 6.14. The molecular weight excluding hydrogens is 446 g/mol. The Bertz CT molecular complexity index is 1320. The Kier molecular flexibility index (Phi) is 6.41. The lowest BCUT2D eigenvalue weighted by atomic mass is 9.95. The molecule has 0 spiro atoms. The number of fused-ring (bicyclic) bond motifs is 2. The van der Waals surface area contributed by atoms with Gasteiger partial charge in [-0.3, -0.25) is 5.10 Å². The van der Waals surface area contributed by atoms with Crippen LogP contribution in [0.2, 0.25) is 0 Å². The highest BCUT2D eigenvalue weighted by atomic mass is 16.5. The van der Waals surface area contributed by atoms with Gasteiger partial charge in [-0.05, 0) is 68.4 Å². The summed E-state index contributed by atoms with van der Waals surface area (Å²) in [5.41, 5.74) is 3.36. The molecule has 0 saturated carbocycles. The molecule has 4 aromatic rings. The van der Waals surface area contributed by atoms with Crippen LogP contribution in [0.15, 0.2) is 42.7 Å². The molecule has 0 radical (unpaired) electrons. The van der Waals surface area contributed by atoms with Crippen molar-refractivity contribution in [3.8, 4) is 34.3 Å². The monoisotopic (exact) mass is 475 g/mol. The summed E-state index contributed by atoms with van der Waals surface area (Å²) in [5, 5.41) is 18.4. The smallest absolute Gasteiger partial charge is 0.222 e. The number of rotatable bonds is 8. The molecule has 1 aliphatic rings. The molecule has 2 aromatic carbocycles. The number of aromatic nitrogens is 4. The summed E-state index contributed by atoms with van der Waals surface area (Å²) >= 11 is 0. The third kappa shape index (κ3) is 4.85. The second-order valence-electron chi connectivity index (χ2n) is 8.95. The van der Waals surface area contributed by atoms with Crippen LogP contribution in [-0.4, -0.2) is 71.1 Å². The van der Waals surface area contributed by atoms with E-state index in [1.165, 1.54) is 0 Å². The van der Waals surface area contributed by atoms with E-state index in [2.05, 4.69) is 20.1 Å². The maximum absolute atomic E-state index is 11.0. The van der Waals surface area contributed by atoms with Crippen LogP contribution in [0.4, 0.5) is 0 Å². The molecule has 0 saturated heterocycles. The standard InChI is InChI=1S/C26H29N5O4/c1-31(2)7-4-8-34-23-12-16(19-13-27-28-14-19)11-21-24(23)29-25(30-26(21)32)18-9-17-10-20(33-3)5-6-22(17)35-15-18/h5-6,10-14,18H,4,7-9,15H2,1-3H3,(H,27,28)(H,29,30,32). The zero-order valence-corrected chi connectivity index (χ0v) is 20.1. The lowest BCUT2D eigenvalue weighted by Crippen LogP contribution is -2.21. The van der Waals surface area contributed by atoms with Crippen LogP contribution in [0.3, 0.4) is 0 Å². The average molecular weight is 476 g/mol. The SMILES string of the molecule is COc1ccc2c(c1)CC(c1nc(O)c3cc(-c4cn[nH]c4)cc(OCCCN(C)C)c3n1)CO2. The predicted molar refractivity (Wildman–Crippen MR) is 132 cm³/mol. The van der Waals surface area contributed by atoms with Crippen LogP contribution in [0.5, 0.6) is 23.1 Å². The number of nitrogens with zero attached hydrogens (tertiary/aromatic N) is 4. The fraction of sp³-hybridized carbons (Fsp3) is 0.346. The highest BCUT2D eigenvalue weighted by molar-refractivity contribution is 5.92. The molecule has 1 atom stereocenters. The van der Waals surface area contributed by atoms with Crippen molar-refractivity contribution < 1.29 is 19.3 Å². The summed E-state index contributed by atoms with van der Waals surface area (Å²) < 4.78 is 17.5. The fourth-order valence-electron chi connectivity index (χ4n) is 4.30. The molecule has 182 valence electrons. The normalized spacial score (nSPS) is 15.1. The van der Waals surface area contributed by atoms with E-state index in [0.717, 1.165) is 41.2 Å². The molecule has 2 N–H and O–H groups in total. The second kappa shape index (κ2) is 9.79. The van der Waals surface area contributed by atoms with Gasteiger partial charge >= 0.3 is 0 Å². The van der Waals surface area contributed by atoms with Crippen molar-refractivity contribution in [1.82, 2.24) is 25.1 Å². The second-order valence-corrected chi connectivity index (χ2v) is 8.95. The molecule has 1 aliphatic heterocycles. The number of ether oxygens (including phenoxy) is 3. The first-order valence-electron chi connectivity index (χ1n) is 11.6. The van der Waals surface area contributed by atoms with Gasteiger partial charge < -0.3 is 24.2 Å². The lowest BCUT2D eigenvalue weighted by Gasteiger charge is -2.25. The Hall–Kier alpha value is -3.85. The van der Waals surface area contributed by atoms with Gasteiger partial charge in [0.1, 0.15) is 28.6 Å². The van der Waals surface area contributed by atoms with E-state index < -0.39 is 0 Å². The molecular formula is C26H29N5O4. The number of methoxy groups -OCH3 is 1. The van der Waals surface area contributed by atoms with E-state index in [0.29, 0.717) is 42.1 Å². The highest BCUT2D eigenvalue weighted by Gasteiger charge is 2.26. The van der Waals surface area contributed by atoms with Crippen molar-refractivity contribution in [3.05, 3.63) is 54.1 Å². The van der Waals surface area contributed by atoms with E-state index in [1.807, 2.05) is 44.4 Å². The van der Waals surface area contributed by atoms with Gasteiger partial charge in [0, 0.05) is 18.3 Å². The molecule has 0 fully saturated rings. The number of nitrogens with one attached hydrogen (secondary N) is 1. The first-order valence-corrected chi connectivity index (χ1v) is 11.6. The number of aromatic hydroxyl groups is 1. The topological polar surface area (TPSA) is 106 Å². The Morgan fingerprint density at radius 2 is 2.06 bits per heavy atom. The van der Waals surface area contributed by atoms with Gasteiger partial charge in [0.2, 0.25) is 5.88 Å². The van der Waals surface area contributed by atoms with Gasteiger partial charge in [0.25, 0.3) is 0 Å². The van der Waals surface area contributed by atoms with Crippen LogP contribution in [-0.2, 0) is 6.42 Å². The number of aromatic amines is 1. The number of hydrogen-bond donors (Lipinski definition) is 2. The minimum atomic E-state index is -0.111. The van der Waals surface area contributed by atoms with Crippen molar-refractivity contribution in [2.45, 2.75) is 18.8 Å². The summed E-state index contributed by atoms with van der Waals surface area (Å²) in [7, 11) is 5.71. The molecule has 0 bridgehead atoms. The minimum absolute atomic E-state index is 0.0788. The van der Waals surface area contributed by atoms with Crippen LogP contribution in [0.1, 0.15) is 23.7 Å². The first kappa shape index (κ1) is 22.9. The molecule has 3 heterocycles. The molecule has 35 heavy (non-hydrogen) atoms. The maximum atomic E-state index is 11.0. The van der Waals surface area contributed by atoms with Gasteiger partial charge in [-0.15, -0.1) is 0 Å². The van der Waals surface area contributed by atoms with Gasteiger partial charge in [-0.1, -0.05) is 0 Å². The van der Waals surface area contributed by atoms with Crippen molar-refractivity contribution in [2.75, 3.05) is 41.0 Å². The van der Waals surface area contributed by atoms with Gasteiger partial charge in [-0.25, -0.2) is 4.98 Å². The van der Waals surface area contributed by atoms with E-state index in [1.54, 1.807) is 19.5 Å². The first-order chi connectivity index (χ1) is 17.0. The van der Waals surface area contributed by atoms with Gasteiger partial charge in [0.15, 0.2) is 0 Å². The van der Waals surface area contributed by atoms with Crippen LogP contribution >= 0.6 is 0 Å². The third-order valence-corrected chi connectivity index (χ3v) is 6.14.